The highest BCUT2D eigenvalue weighted by atomic mass is 32.2. The molecule has 2 aromatic carbocycles. The van der Waals surface area contributed by atoms with Gasteiger partial charge in [0, 0.05) is 4.88 Å². The largest absolute Gasteiger partial charge is 0.497 e. The molecule has 10 heteroatoms. The van der Waals surface area contributed by atoms with Crippen molar-refractivity contribution in [2.24, 2.45) is 5.73 Å². The van der Waals surface area contributed by atoms with Crippen LogP contribution >= 0.6 is 11.3 Å². The van der Waals surface area contributed by atoms with Crippen LogP contribution in [0.2, 0.25) is 0 Å². The minimum absolute atomic E-state index is 0.0292. The molecule has 0 aliphatic heterocycles. The zero-order valence-electron chi connectivity index (χ0n) is 18.6. The van der Waals surface area contributed by atoms with E-state index < -0.39 is 21.8 Å². The molecule has 8 nitrogen and oxygen atoms in total. The summed E-state index contributed by atoms with van der Waals surface area (Å²) < 4.78 is 33.4. The number of carbonyl (C=O) groups is 2. The number of anilines is 2. The van der Waals surface area contributed by atoms with Gasteiger partial charge in [0.25, 0.3) is 21.8 Å². The van der Waals surface area contributed by atoms with E-state index in [4.69, 9.17) is 10.5 Å². The maximum Gasteiger partial charge on any atom is 0.261 e. The normalized spacial score (nSPS) is 13.4. The number of ether oxygens (including phenoxy) is 1. The van der Waals surface area contributed by atoms with Crippen LogP contribution in [0.4, 0.5) is 10.7 Å². The number of aryl methyl sites for hydroxylation is 1. The van der Waals surface area contributed by atoms with Gasteiger partial charge in [-0.2, -0.15) is 0 Å². The molecule has 0 bridgehead atoms. The minimum Gasteiger partial charge on any atom is -0.497 e. The Balaban J connectivity index is 1.62. The number of nitrogens with one attached hydrogen (secondary N) is 2. The number of sulfonamides is 1. The zero-order valence-corrected chi connectivity index (χ0v) is 20.2. The van der Waals surface area contributed by atoms with E-state index in [1.165, 1.54) is 42.7 Å². The Kier molecular flexibility index (Phi) is 6.90. The Morgan fingerprint density at radius 2 is 1.71 bits per heavy atom. The first-order valence-corrected chi connectivity index (χ1v) is 13.1. The fraction of sp³-hybridized carbons (Fsp3) is 0.250. The first-order chi connectivity index (χ1) is 16.3. The van der Waals surface area contributed by atoms with Crippen LogP contribution in [-0.2, 0) is 22.9 Å². The van der Waals surface area contributed by atoms with Gasteiger partial charge in [0.15, 0.2) is 0 Å². The van der Waals surface area contributed by atoms with Crippen molar-refractivity contribution in [1.82, 2.24) is 0 Å². The monoisotopic (exact) mass is 499 g/mol. The van der Waals surface area contributed by atoms with Gasteiger partial charge in [-0.05, 0) is 67.6 Å². The van der Waals surface area contributed by atoms with Crippen LogP contribution < -0.4 is 20.5 Å². The van der Waals surface area contributed by atoms with Crippen molar-refractivity contribution in [2.45, 2.75) is 37.0 Å². The summed E-state index contributed by atoms with van der Waals surface area (Å²) in [7, 11) is -2.46. The molecule has 4 rings (SSSR count). The second-order valence-corrected chi connectivity index (χ2v) is 10.7. The number of methoxy groups -OCH3 is 1. The first kappa shape index (κ1) is 23.8. The van der Waals surface area contributed by atoms with Crippen molar-refractivity contribution in [2.75, 3.05) is 17.1 Å². The number of amides is 2. The number of nitrogens with two attached hydrogens (primary N) is 1. The average Bonchev–Trinajstić information content (AvgIpc) is 2.99. The number of rotatable bonds is 7. The molecule has 1 aliphatic carbocycles. The van der Waals surface area contributed by atoms with E-state index in [1.807, 2.05) is 0 Å². The lowest BCUT2D eigenvalue weighted by atomic mass is 10.0. The lowest BCUT2D eigenvalue weighted by Crippen LogP contribution is -2.20. The summed E-state index contributed by atoms with van der Waals surface area (Å²) in [6.45, 7) is 0. The summed E-state index contributed by atoms with van der Waals surface area (Å²) in [4.78, 5) is 26.5. The summed E-state index contributed by atoms with van der Waals surface area (Å²) in [5.74, 6) is -0.589. The van der Waals surface area contributed by atoms with Gasteiger partial charge in [0.1, 0.15) is 10.8 Å². The first-order valence-electron chi connectivity index (χ1n) is 10.8. The van der Waals surface area contributed by atoms with Crippen LogP contribution in [0.15, 0.2) is 53.4 Å². The Morgan fingerprint density at radius 3 is 2.41 bits per heavy atom. The lowest BCUT2D eigenvalue weighted by Gasteiger charge is -2.13. The fourth-order valence-electron chi connectivity index (χ4n) is 3.99. The predicted octanol–water partition coefficient (Wildman–Crippen LogP) is 4.18. The molecule has 2 amide bonds. The molecule has 4 N–H and O–H groups in total. The number of benzene rings is 2. The van der Waals surface area contributed by atoms with Crippen molar-refractivity contribution >= 4 is 43.9 Å². The Hall–Kier alpha value is -3.37. The highest BCUT2D eigenvalue weighted by Gasteiger charge is 2.25. The number of hydrogen-bond acceptors (Lipinski definition) is 6. The van der Waals surface area contributed by atoms with Crippen molar-refractivity contribution in [3.05, 3.63) is 70.1 Å². The summed E-state index contributed by atoms with van der Waals surface area (Å²) in [6, 6.07) is 12.2. The van der Waals surface area contributed by atoms with E-state index >= 15 is 0 Å². The summed E-state index contributed by atoms with van der Waals surface area (Å²) in [5, 5.41) is 3.19. The maximum absolute atomic E-state index is 13.2. The number of fused-ring (bicyclic) bond motifs is 1. The second kappa shape index (κ2) is 9.86. The molecule has 0 saturated heterocycles. The van der Waals surface area contributed by atoms with Gasteiger partial charge in [-0.15, -0.1) is 11.3 Å². The number of hydrogen-bond donors (Lipinski definition) is 3. The molecule has 1 aliphatic rings. The third-order valence-corrected chi connectivity index (χ3v) is 8.27. The smallest absolute Gasteiger partial charge is 0.261 e. The van der Waals surface area contributed by atoms with E-state index in [1.54, 1.807) is 24.3 Å². The molecule has 178 valence electrons. The molecule has 3 aromatic rings. The molecule has 0 radical (unpaired) electrons. The fourth-order valence-corrected chi connectivity index (χ4v) is 6.36. The van der Waals surface area contributed by atoms with Crippen LogP contribution in [0.1, 0.15) is 50.4 Å². The van der Waals surface area contributed by atoms with E-state index in [9.17, 15) is 18.0 Å². The molecule has 34 heavy (non-hydrogen) atoms. The zero-order chi connectivity index (χ0) is 24.3. The quantitative estimate of drug-likeness (QED) is 0.420. The minimum atomic E-state index is -3.95. The van der Waals surface area contributed by atoms with E-state index in [0.29, 0.717) is 16.3 Å². The molecule has 0 spiro atoms. The number of para-hydroxylation sites is 1. The highest BCUT2D eigenvalue weighted by molar-refractivity contribution is 7.92. The third kappa shape index (κ3) is 4.92. The second-order valence-electron chi connectivity index (χ2n) is 7.91. The highest BCUT2D eigenvalue weighted by Crippen LogP contribution is 2.37. The molecular weight excluding hydrogens is 474 g/mol. The SMILES string of the molecule is COc1ccc(S(=O)(=O)Nc2ccccc2C(=O)Nc2sc3c(c2C(N)=O)CCCCC3)cc1. The van der Waals surface area contributed by atoms with Crippen LogP contribution in [0.5, 0.6) is 5.75 Å². The van der Waals surface area contributed by atoms with Crippen molar-refractivity contribution < 1.29 is 22.7 Å². The molecule has 0 unspecified atom stereocenters. The van der Waals surface area contributed by atoms with Gasteiger partial charge in [-0.3, -0.25) is 14.3 Å². The van der Waals surface area contributed by atoms with Gasteiger partial charge < -0.3 is 15.8 Å². The van der Waals surface area contributed by atoms with Gasteiger partial charge in [0.2, 0.25) is 0 Å². The number of thiophene rings is 1. The van der Waals surface area contributed by atoms with E-state index in [2.05, 4.69) is 10.0 Å². The number of primary amides is 1. The molecule has 0 fully saturated rings. The maximum atomic E-state index is 13.2. The van der Waals surface area contributed by atoms with Crippen LogP contribution in [0.3, 0.4) is 0 Å². The standard InChI is InChI=1S/C24H25N3O5S2/c1-32-15-11-13-16(14-12-15)34(30,31)27-19-9-6-5-7-17(19)23(29)26-24-21(22(25)28)18-8-3-2-4-10-20(18)33-24/h5-7,9,11-14,27H,2-4,8,10H2,1H3,(H2,25,28)(H,26,29). The van der Waals surface area contributed by atoms with Crippen LogP contribution in [0.25, 0.3) is 0 Å². The van der Waals surface area contributed by atoms with Crippen LogP contribution in [0, 0.1) is 0 Å². The third-order valence-electron chi connectivity index (χ3n) is 5.68. The van der Waals surface area contributed by atoms with Crippen LogP contribution in [-0.4, -0.2) is 27.3 Å². The van der Waals surface area contributed by atoms with Gasteiger partial charge in [0.05, 0.1) is 28.8 Å². The van der Waals surface area contributed by atoms with E-state index in [0.717, 1.165) is 42.5 Å². The van der Waals surface area contributed by atoms with Gasteiger partial charge in [-0.1, -0.05) is 18.6 Å². The van der Waals surface area contributed by atoms with Crippen molar-refractivity contribution in [3.63, 3.8) is 0 Å². The predicted molar refractivity (Wildman–Crippen MR) is 132 cm³/mol. The Bertz CT molecular complexity index is 1330. The van der Waals surface area contributed by atoms with Crippen molar-refractivity contribution in [1.29, 1.82) is 0 Å². The summed E-state index contributed by atoms with van der Waals surface area (Å²) in [6.07, 6.45) is 4.66. The molecular formula is C24H25N3O5S2. The summed E-state index contributed by atoms with van der Waals surface area (Å²) >= 11 is 1.36. The molecule has 0 atom stereocenters. The van der Waals surface area contributed by atoms with Gasteiger partial charge in [-0.25, -0.2) is 8.42 Å². The lowest BCUT2D eigenvalue weighted by molar-refractivity contribution is 0.100. The van der Waals surface area contributed by atoms with E-state index in [-0.39, 0.29) is 16.1 Å². The molecule has 1 heterocycles. The molecule has 1 aromatic heterocycles. The number of carbonyl (C=O) groups excluding carboxylic acids is 2. The molecule has 0 saturated carbocycles. The van der Waals surface area contributed by atoms with Gasteiger partial charge >= 0.3 is 0 Å². The average molecular weight is 500 g/mol. The Labute approximate surface area is 202 Å². The topological polar surface area (TPSA) is 128 Å². The Morgan fingerprint density at radius 1 is 1.00 bits per heavy atom. The van der Waals surface area contributed by atoms with Crippen molar-refractivity contribution in [3.8, 4) is 5.75 Å². The summed E-state index contributed by atoms with van der Waals surface area (Å²) in [5.41, 5.74) is 7.18.